The monoisotopic (exact) mass is 380 g/mol. The maximum atomic E-state index is 11.6. The van der Waals surface area contributed by atoms with Crippen molar-refractivity contribution in [3.05, 3.63) is 41.0 Å². The van der Waals surface area contributed by atoms with Gasteiger partial charge in [0.2, 0.25) is 0 Å². The van der Waals surface area contributed by atoms with Crippen LogP contribution in [0.1, 0.15) is 69.1 Å². The second-order valence-electron chi connectivity index (χ2n) is 8.33. The molecule has 4 nitrogen and oxygen atoms in total. The fourth-order valence-electron chi connectivity index (χ4n) is 5.79. The quantitative estimate of drug-likeness (QED) is 0.541. The number of aryl methyl sites for hydroxylation is 2. The average Bonchev–Trinajstić information content (AvgIpc) is 3.01. The molecule has 0 N–H and O–H groups in total. The molecule has 0 aromatic heterocycles. The molecule has 3 atom stereocenters. The normalized spacial score (nSPS) is 25.9. The van der Waals surface area contributed by atoms with E-state index in [9.17, 15) is 9.59 Å². The Morgan fingerprint density at radius 1 is 1.07 bits per heavy atom. The summed E-state index contributed by atoms with van der Waals surface area (Å²) in [4.78, 5) is 23.0. The number of carbonyl (C=O) groups excluding carboxylic acids is 2. The van der Waals surface area contributed by atoms with Crippen LogP contribution in [0, 0.1) is 12.3 Å². The summed E-state index contributed by atoms with van der Waals surface area (Å²) in [6, 6.07) is 8.43. The zero-order valence-corrected chi connectivity index (χ0v) is 17.1. The summed E-state index contributed by atoms with van der Waals surface area (Å²) >= 11 is 0. The summed E-state index contributed by atoms with van der Waals surface area (Å²) in [5.74, 6) is 0.602. The van der Waals surface area contributed by atoms with Crippen molar-refractivity contribution >= 4 is 22.7 Å². The number of hydrogen-bond donors (Lipinski definition) is 0. The number of hydrogen-bond acceptors (Lipinski definition) is 4. The molecule has 0 bridgehead atoms. The SMILES string of the molecule is CC[C@]12CCc3c(ccc4c(C)c(OC(C)=O)ccc34)[C@H]1CC[C@H]2OC(C)=O. The minimum absolute atomic E-state index is 0.0249. The Morgan fingerprint density at radius 3 is 2.50 bits per heavy atom. The van der Waals surface area contributed by atoms with Gasteiger partial charge < -0.3 is 9.47 Å². The fourth-order valence-corrected chi connectivity index (χ4v) is 5.79. The topological polar surface area (TPSA) is 52.6 Å². The first-order valence-corrected chi connectivity index (χ1v) is 10.3. The van der Waals surface area contributed by atoms with Crippen molar-refractivity contribution < 1.29 is 19.1 Å². The molecule has 2 aliphatic carbocycles. The third-order valence-corrected chi connectivity index (χ3v) is 7.06. The zero-order chi connectivity index (χ0) is 20.1. The molecule has 4 heteroatoms. The molecule has 2 aromatic carbocycles. The highest BCUT2D eigenvalue weighted by atomic mass is 16.5. The van der Waals surface area contributed by atoms with Crippen molar-refractivity contribution in [2.45, 2.75) is 71.8 Å². The minimum Gasteiger partial charge on any atom is -0.462 e. The Hall–Kier alpha value is -2.36. The van der Waals surface area contributed by atoms with Crippen molar-refractivity contribution in [3.8, 4) is 5.75 Å². The van der Waals surface area contributed by atoms with E-state index in [0.29, 0.717) is 11.7 Å². The van der Waals surface area contributed by atoms with Crippen molar-refractivity contribution in [3.63, 3.8) is 0 Å². The Balaban J connectivity index is 1.79. The molecule has 0 aliphatic heterocycles. The van der Waals surface area contributed by atoms with Crippen LogP contribution in [-0.2, 0) is 20.7 Å². The maximum absolute atomic E-state index is 11.6. The number of esters is 2. The summed E-state index contributed by atoms with van der Waals surface area (Å²) in [6.07, 6.45) is 5.09. The van der Waals surface area contributed by atoms with Gasteiger partial charge in [-0.25, -0.2) is 0 Å². The van der Waals surface area contributed by atoms with Crippen molar-refractivity contribution in [1.82, 2.24) is 0 Å². The fraction of sp³-hybridized carbons (Fsp3) is 0.500. The highest BCUT2D eigenvalue weighted by Crippen LogP contribution is 2.59. The molecule has 0 spiro atoms. The first-order chi connectivity index (χ1) is 13.4. The van der Waals surface area contributed by atoms with Crippen LogP contribution in [0.3, 0.4) is 0 Å². The van der Waals surface area contributed by atoms with E-state index in [-0.39, 0.29) is 23.5 Å². The van der Waals surface area contributed by atoms with Gasteiger partial charge in [0.05, 0.1) is 0 Å². The van der Waals surface area contributed by atoms with E-state index in [1.807, 2.05) is 13.0 Å². The summed E-state index contributed by atoms with van der Waals surface area (Å²) in [5.41, 5.74) is 3.88. The largest absolute Gasteiger partial charge is 0.462 e. The molecule has 0 saturated heterocycles. The van der Waals surface area contributed by atoms with Gasteiger partial charge in [-0.05, 0) is 78.5 Å². The molecule has 2 aromatic rings. The van der Waals surface area contributed by atoms with E-state index in [2.05, 4.69) is 25.1 Å². The van der Waals surface area contributed by atoms with E-state index in [1.54, 1.807) is 0 Å². The maximum Gasteiger partial charge on any atom is 0.308 e. The van der Waals surface area contributed by atoms with Crippen LogP contribution in [0.2, 0.25) is 0 Å². The third-order valence-electron chi connectivity index (χ3n) is 7.06. The number of benzene rings is 2. The molecule has 0 unspecified atom stereocenters. The highest BCUT2D eigenvalue weighted by Gasteiger charge is 2.53. The first kappa shape index (κ1) is 19.0. The Bertz CT molecular complexity index is 961. The molecule has 0 radical (unpaired) electrons. The minimum atomic E-state index is -0.296. The first-order valence-electron chi connectivity index (χ1n) is 10.3. The molecule has 0 amide bonds. The van der Waals surface area contributed by atoms with Gasteiger partial charge in [0.1, 0.15) is 11.9 Å². The molecule has 28 heavy (non-hydrogen) atoms. The zero-order valence-electron chi connectivity index (χ0n) is 17.1. The van der Waals surface area contributed by atoms with Gasteiger partial charge in [-0.1, -0.05) is 25.1 Å². The van der Waals surface area contributed by atoms with Gasteiger partial charge in [-0.2, -0.15) is 0 Å². The van der Waals surface area contributed by atoms with E-state index in [4.69, 9.17) is 9.47 Å². The molecule has 2 aliphatic rings. The van der Waals surface area contributed by atoms with E-state index in [1.165, 1.54) is 30.4 Å². The average molecular weight is 380 g/mol. The van der Waals surface area contributed by atoms with Gasteiger partial charge in [-0.3, -0.25) is 9.59 Å². The lowest BCUT2D eigenvalue weighted by atomic mass is 9.63. The van der Waals surface area contributed by atoms with Crippen LogP contribution in [0.5, 0.6) is 5.75 Å². The van der Waals surface area contributed by atoms with E-state index >= 15 is 0 Å². The molecule has 4 rings (SSSR count). The van der Waals surface area contributed by atoms with Gasteiger partial charge in [-0.15, -0.1) is 0 Å². The molecule has 148 valence electrons. The lowest BCUT2D eigenvalue weighted by Crippen LogP contribution is -2.40. The molecular weight excluding hydrogens is 352 g/mol. The van der Waals surface area contributed by atoms with Crippen molar-refractivity contribution in [2.75, 3.05) is 0 Å². The van der Waals surface area contributed by atoms with Gasteiger partial charge in [0.25, 0.3) is 0 Å². The van der Waals surface area contributed by atoms with Crippen LogP contribution in [-0.4, -0.2) is 18.0 Å². The van der Waals surface area contributed by atoms with Crippen LogP contribution in [0.25, 0.3) is 10.8 Å². The summed E-state index contributed by atoms with van der Waals surface area (Å²) in [5, 5.41) is 2.41. The number of rotatable bonds is 3. The predicted molar refractivity (Wildman–Crippen MR) is 109 cm³/mol. The van der Waals surface area contributed by atoms with Gasteiger partial charge in [0, 0.05) is 19.3 Å². The second kappa shape index (κ2) is 6.91. The highest BCUT2D eigenvalue weighted by molar-refractivity contribution is 5.92. The lowest BCUT2D eigenvalue weighted by molar-refractivity contribution is -0.153. The Labute approximate surface area is 166 Å². The van der Waals surface area contributed by atoms with Crippen LogP contribution >= 0.6 is 0 Å². The van der Waals surface area contributed by atoms with Crippen LogP contribution in [0.4, 0.5) is 0 Å². The van der Waals surface area contributed by atoms with Crippen molar-refractivity contribution in [1.29, 1.82) is 0 Å². The second-order valence-corrected chi connectivity index (χ2v) is 8.33. The summed E-state index contributed by atoms with van der Waals surface area (Å²) < 4.78 is 11.1. The summed E-state index contributed by atoms with van der Waals surface area (Å²) in [6.45, 7) is 7.19. The molecule has 0 heterocycles. The number of fused-ring (bicyclic) bond motifs is 5. The van der Waals surface area contributed by atoms with Gasteiger partial charge in [0.15, 0.2) is 0 Å². The summed E-state index contributed by atoms with van der Waals surface area (Å²) in [7, 11) is 0. The molecule has 1 saturated carbocycles. The van der Waals surface area contributed by atoms with Gasteiger partial charge >= 0.3 is 11.9 Å². The Morgan fingerprint density at radius 2 is 1.82 bits per heavy atom. The van der Waals surface area contributed by atoms with Crippen LogP contribution < -0.4 is 4.74 Å². The number of carbonyl (C=O) groups is 2. The van der Waals surface area contributed by atoms with Crippen molar-refractivity contribution in [2.24, 2.45) is 5.41 Å². The predicted octanol–water partition coefficient (Wildman–Crippen LogP) is 5.23. The van der Waals surface area contributed by atoms with E-state index in [0.717, 1.165) is 43.1 Å². The molecule has 1 fully saturated rings. The smallest absolute Gasteiger partial charge is 0.308 e. The number of ether oxygens (including phenoxy) is 2. The van der Waals surface area contributed by atoms with Crippen LogP contribution in [0.15, 0.2) is 24.3 Å². The lowest BCUT2D eigenvalue weighted by Gasteiger charge is -2.43. The third kappa shape index (κ3) is 2.81. The Kier molecular flexibility index (Phi) is 4.68. The standard InChI is InChI=1S/C24H28O4/c1-5-24-13-12-19-18-8-10-22(27-15(3)25)14(2)17(18)6-7-20(19)21(24)9-11-23(24)28-16(4)26/h6-8,10,21,23H,5,9,11-13H2,1-4H3/t21-,23-,24+/m1/s1. The molecular formula is C24H28O4. The van der Waals surface area contributed by atoms with E-state index < -0.39 is 0 Å².